The second kappa shape index (κ2) is 4.41. The molecule has 0 spiro atoms. The molecule has 0 heterocycles. The first-order chi connectivity index (χ1) is 7.88. The van der Waals surface area contributed by atoms with E-state index in [1.54, 1.807) is 6.07 Å². The average molecular weight is 235 g/mol. The lowest BCUT2D eigenvalue weighted by atomic mass is 9.87. The summed E-state index contributed by atoms with van der Waals surface area (Å²) in [5.41, 5.74) is 9.52. The van der Waals surface area contributed by atoms with E-state index in [-0.39, 0.29) is 17.3 Å². The number of fused-ring (bicyclic) bond motifs is 1. The minimum absolute atomic E-state index is 0.0536. The van der Waals surface area contributed by atoms with Crippen molar-refractivity contribution in [1.29, 1.82) is 0 Å². The van der Waals surface area contributed by atoms with Crippen LogP contribution in [0.15, 0.2) is 12.1 Å². The number of benzene rings is 1. The molecule has 94 valence electrons. The molecule has 0 aromatic heterocycles. The molecule has 0 amide bonds. The van der Waals surface area contributed by atoms with E-state index in [0.717, 1.165) is 36.8 Å². The summed E-state index contributed by atoms with van der Waals surface area (Å²) in [6.07, 6.45) is 3.73. The zero-order chi connectivity index (χ0) is 12.6. The van der Waals surface area contributed by atoms with E-state index < -0.39 is 0 Å². The highest BCUT2D eigenvalue weighted by molar-refractivity contribution is 5.41. The molecule has 1 aromatic carbocycles. The van der Waals surface area contributed by atoms with Crippen LogP contribution in [-0.4, -0.2) is 0 Å². The Hall–Kier alpha value is -0.890. The minimum atomic E-state index is -0.0536. The first-order valence-electron chi connectivity index (χ1n) is 6.44. The Balaban J connectivity index is 2.28. The van der Waals surface area contributed by atoms with Crippen LogP contribution in [-0.2, 0) is 12.8 Å². The first-order valence-corrected chi connectivity index (χ1v) is 6.44. The van der Waals surface area contributed by atoms with Gasteiger partial charge in [-0.1, -0.05) is 26.8 Å². The van der Waals surface area contributed by atoms with E-state index in [1.807, 2.05) is 6.07 Å². The Morgan fingerprint density at radius 2 is 2.06 bits per heavy atom. The third-order valence-electron chi connectivity index (χ3n) is 3.64. The summed E-state index contributed by atoms with van der Waals surface area (Å²) in [5.74, 6) is -0.0536. The molecule has 2 heteroatoms. The Bertz CT molecular complexity index is 418. The highest BCUT2D eigenvalue weighted by Crippen LogP contribution is 2.34. The highest BCUT2D eigenvalue weighted by atomic mass is 19.1. The van der Waals surface area contributed by atoms with Crippen molar-refractivity contribution < 1.29 is 4.39 Å². The molecule has 1 aliphatic rings. The molecule has 0 fully saturated rings. The Morgan fingerprint density at radius 1 is 1.35 bits per heavy atom. The van der Waals surface area contributed by atoms with Crippen LogP contribution in [0.1, 0.15) is 56.3 Å². The number of halogens is 1. The van der Waals surface area contributed by atoms with E-state index in [4.69, 9.17) is 5.73 Å². The lowest BCUT2D eigenvalue weighted by Crippen LogP contribution is -2.10. The van der Waals surface area contributed by atoms with Crippen molar-refractivity contribution in [1.82, 2.24) is 0 Å². The van der Waals surface area contributed by atoms with E-state index in [9.17, 15) is 4.39 Å². The van der Waals surface area contributed by atoms with Crippen molar-refractivity contribution in [3.05, 3.63) is 34.6 Å². The molecule has 2 N–H and O–H groups in total. The van der Waals surface area contributed by atoms with Gasteiger partial charge in [0.15, 0.2) is 0 Å². The minimum Gasteiger partial charge on any atom is -0.324 e. The topological polar surface area (TPSA) is 26.0 Å². The molecule has 17 heavy (non-hydrogen) atoms. The average Bonchev–Trinajstić information content (AvgIpc) is 2.57. The van der Waals surface area contributed by atoms with Gasteiger partial charge < -0.3 is 5.73 Å². The monoisotopic (exact) mass is 235 g/mol. The molecule has 0 saturated carbocycles. The zero-order valence-electron chi connectivity index (χ0n) is 11.0. The first kappa shape index (κ1) is 12.6. The molecule has 0 unspecified atom stereocenters. The van der Waals surface area contributed by atoms with E-state index in [2.05, 4.69) is 20.8 Å². The standard InChI is InChI=1S/C15H22FN/c1-15(2,3)9-8-11-10-5-7-14(17)12(10)4-6-13(11)16/h4,6,14H,5,7-9,17H2,1-3H3/t14-/m0/s1. The van der Waals surface area contributed by atoms with Gasteiger partial charge in [0.2, 0.25) is 0 Å². The maximum atomic E-state index is 13.9. The van der Waals surface area contributed by atoms with Crippen molar-refractivity contribution >= 4 is 0 Å². The molecule has 2 rings (SSSR count). The fraction of sp³-hybridized carbons (Fsp3) is 0.600. The van der Waals surface area contributed by atoms with Gasteiger partial charge in [-0.3, -0.25) is 0 Å². The third kappa shape index (κ3) is 2.68. The molecule has 1 atom stereocenters. The fourth-order valence-electron chi connectivity index (χ4n) is 2.55. The van der Waals surface area contributed by atoms with Gasteiger partial charge in [0.05, 0.1) is 0 Å². The van der Waals surface area contributed by atoms with Crippen LogP contribution in [0, 0.1) is 11.2 Å². The van der Waals surface area contributed by atoms with Gasteiger partial charge in [-0.25, -0.2) is 4.39 Å². The van der Waals surface area contributed by atoms with Crippen LogP contribution >= 0.6 is 0 Å². The quantitative estimate of drug-likeness (QED) is 0.830. The molecule has 1 nitrogen and oxygen atoms in total. The van der Waals surface area contributed by atoms with Gasteiger partial charge >= 0.3 is 0 Å². The summed E-state index contributed by atoms with van der Waals surface area (Å²) in [6, 6.07) is 3.56. The van der Waals surface area contributed by atoms with Crippen LogP contribution in [0.4, 0.5) is 4.39 Å². The third-order valence-corrected chi connectivity index (χ3v) is 3.64. The zero-order valence-corrected chi connectivity index (χ0v) is 11.0. The summed E-state index contributed by atoms with van der Waals surface area (Å²) in [5, 5.41) is 0. The molecule has 0 aliphatic heterocycles. The summed E-state index contributed by atoms with van der Waals surface area (Å²) in [4.78, 5) is 0. The van der Waals surface area contributed by atoms with Crippen molar-refractivity contribution in [3.63, 3.8) is 0 Å². The number of rotatable bonds is 2. The maximum absolute atomic E-state index is 13.9. The highest BCUT2D eigenvalue weighted by Gasteiger charge is 2.24. The normalized spacial score (nSPS) is 19.5. The molecule has 0 radical (unpaired) electrons. The van der Waals surface area contributed by atoms with Gasteiger partial charge in [0, 0.05) is 6.04 Å². The van der Waals surface area contributed by atoms with Crippen LogP contribution in [0.3, 0.4) is 0 Å². The van der Waals surface area contributed by atoms with E-state index >= 15 is 0 Å². The molecule has 1 aliphatic carbocycles. The van der Waals surface area contributed by atoms with Gasteiger partial charge in [-0.2, -0.15) is 0 Å². The van der Waals surface area contributed by atoms with Crippen molar-refractivity contribution in [3.8, 4) is 0 Å². The predicted molar refractivity (Wildman–Crippen MR) is 69.4 cm³/mol. The molecular formula is C15H22FN. The van der Waals surface area contributed by atoms with Crippen molar-refractivity contribution in [2.24, 2.45) is 11.1 Å². The van der Waals surface area contributed by atoms with Crippen molar-refractivity contribution in [2.75, 3.05) is 0 Å². The fourth-order valence-corrected chi connectivity index (χ4v) is 2.55. The number of hydrogen-bond donors (Lipinski definition) is 1. The SMILES string of the molecule is CC(C)(C)CCc1c(F)ccc2c1CC[C@@H]2N. The molecule has 0 bridgehead atoms. The number of nitrogens with two attached hydrogens (primary N) is 1. The van der Waals surface area contributed by atoms with Crippen LogP contribution in [0.25, 0.3) is 0 Å². The summed E-state index contributed by atoms with van der Waals surface area (Å²) in [6.45, 7) is 6.58. The summed E-state index contributed by atoms with van der Waals surface area (Å²) < 4.78 is 13.9. The Morgan fingerprint density at radius 3 is 2.71 bits per heavy atom. The number of hydrogen-bond acceptors (Lipinski definition) is 1. The Kier molecular flexibility index (Phi) is 3.26. The van der Waals surface area contributed by atoms with Gasteiger partial charge in [-0.15, -0.1) is 0 Å². The second-order valence-electron chi connectivity index (χ2n) is 6.30. The lowest BCUT2D eigenvalue weighted by molar-refractivity contribution is 0.375. The molecular weight excluding hydrogens is 213 g/mol. The Labute approximate surface area is 103 Å². The molecule has 1 aromatic rings. The molecule has 0 saturated heterocycles. The van der Waals surface area contributed by atoms with E-state index in [0.29, 0.717) is 0 Å². The van der Waals surface area contributed by atoms with Crippen LogP contribution < -0.4 is 5.73 Å². The van der Waals surface area contributed by atoms with Crippen molar-refractivity contribution in [2.45, 2.75) is 52.5 Å². The van der Waals surface area contributed by atoms with Crippen LogP contribution in [0.5, 0.6) is 0 Å². The van der Waals surface area contributed by atoms with Gasteiger partial charge in [0.1, 0.15) is 5.82 Å². The van der Waals surface area contributed by atoms with Gasteiger partial charge in [-0.05, 0) is 53.9 Å². The van der Waals surface area contributed by atoms with Crippen LogP contribution in [0.2, 0.25) is 0 Å². The van der Waals surface area contributed by atoms with Gasteiger partial charge in [0.25, 0.3) is 0 Å². The second-order valence-corrected chi connectivity index (χ2v) is 6.30. The van der Waals surface area contributed by atoms with E-state index in [1.165, 1.54) is 5.56 Å². The largest absolute Gasteiger partial charge is 0.324 e. The lowest BCUT2D eigenvalue weighted by Gasteiger charge is -2.19. The summed E-state index contributed by atoms with van der Waals surface area (Å²) >= 11 is 0. The summed E-state index contributed by atoms with van der Waals surface area (Å²) in [7, 11) is 0. The maximum Gasteiger partial charge on any atom is 0.126 e. The smallest absolute Gasteiger partial charge is 0.126 e. The predicted octanol–water partition coefficient (Wildman–Crippen LogP) is 3.75.